The first-order chi connectivity index (χ1) is 22.2. The maximum absolute atomic E-state index is 6.19. The summed E-state index contributed by atoms with van der Waals surface area (Å²) >= 11 is 0. The van der Waals surface area contributed by atoms with Crippen LogP contribution in [0.5, 0.6) is 0 Å². The second-order valence-electron chi connectivity index (χ2n) is 14.0. The molecule has 3 heteroatoms. The first-order valence-electron chi connectivity index (χ1n) is 17.1. The Morgan fingerprint density at radius 2 is 1.43 bits per heavy atom. The molecule has 3 aliphatic rings. The van der Waals surface area contributed by atoms with E-state index < -0.39 is 0 Å². The topological polar surface area (TPSA) is 15.5 Å². The highest BCUT2D eigenvalue weighted by molar-refractivity contribution is 6.07. The first-order valence-corrected chi connectivity index (χ1v) is 17.1. The average molecular weight is 608 g/mol. The molecule has 0 bridgehead atoms. The number of rotatable bonds is 6. The van der Waals surface area contributed by atoms with Crippen LogP contribution in [0.15, 0.2) is 120 Å². The first kappa shape index (κ1) is 30.3. The van der Waals surface area contributed by atoms with E-state index in [-0.39, 0.29) is 10.8 Å². The van der Waals surface area contributed by atoms with Gasteiger partial charge in [-0.2, -0.15) is 4.58 Å². The standard InChI is InChI=1S/C43H47N2O/c1-8-44-35-25-21-29-15-10-12-19-33(29)39(35)42(3,4)37(44)27-23-31-17-14-18-32(41(31)46-7)24-28-38-43(5,6)40-34-20-13-11-16-30(34)22-26-36(40)45(38)9-2/h10-13,15-16,19-28H,8-9,14,17-18H2,1-7H3/q+1. The van der Waals surface area contributed by atoms with Crippen LogP contribution in [0.3, 0.4) is 0 Å². The van der Waals surface area contributed by atoms with Crippen molar-refractivity contribution < 1.29 is 9.31 Å². The lowest BCUT2D eigenvalue weighted by atomic mass is 9.78. The number of anilines is 1. The van der Waals surface area contributed by atoms with Gasteiger partial charge in [0.2, 0.25) is 5.69 Å². The quantitative estimate of drug-likeness (QED) is 0.203. The molecule has 0 radical (unpaired) electrons. The van der Waals surface area contributed by atoms with Crippen molar-refractivity contribution in [2.75, 3.05) is 25.1 Å². The van der Waals surface area contributed by atoms with Crippen molar-refractivity contribution >= 4 is 38.6 Å². The van der Waals surface area contributed by atoms with Crippen molar-refractivity contribution in [2.24, 2.45) is 0 Å². The maximum atomic E-state index is 6.19. The molecule has 0 atom stereocenters. The molecule has 0 fully saturated rings. The van der Waals surface area contributed by atoms with Gasteiger partial charge in [0, 0.05) is 41.1 Å². The van der Waals surface area contributed by atoms with Gasteiger partial charge in [0.15, 0.2) is 5.71 Å². The summed E-state index contributed by atoms with van der Waals surface area (Å²) in [5, 5.41) is 5.32. The Hall–Kier alpha value is -4.37. The molecule has 0 saturated heterocycles. The van der Waals surface area contributed by atoms with Crippen molar-refractivity contribution in [3.63, 3.8) is 0 Å². The van der Waals surface area contributed by atoms with E-state index in [1.807, 2.05) is 7.11 Å². The molecule has 0 spiro atoms. The van der Waals surface area contributed by atoms with Crippen molar-refractivity contribution in [1.29, 1.82) is 0 Å². The lowest BCUT2D eigenvalue weighted by Gasteiger charge is -2.26. The zero-order valence-electron chi connectivity index (χ0n) is 28.6. The van der Waals surface area contributed by atoms with Crippen LogP contribution >= 0.6 is 0 Å². The molecule has 0 unspecified atom stereocenters. The molecule has 234 valence electrons. The van der Waals surface area contributed by atoms with Gasteiger partial charge in [0.25, 0.3) is 0 Å². The summed E-state index contributed by atoms with van der Waals surface area (Å²) in [7, 11) is 1.84. The molecule has 1 aliphatic carbocycles. The summed E-state index contributed by atoms with van der Waals surface area (Å²) in [4.78, 5) is 2.50. The Labute approximate surface area is 274 Å². The SMILES string of the molecule is CCN1/C(=C/C=C2\CCCC(/C=C/C3=[N+](CC)c4ccc5ccccc5c4C3(C)C)=C2OC)C(C)(C)c2c1ccc1ccccc21. The van der Waals surface area contributed by atoms with Crippen LogP contribution in [0.25, 0.3) is 21.5 Å². The van der Waals surface area contributed by atoms with Gasteiger partial charge in [0.05, 0.1) is 12.5 Å². The number of methoxy groups -OCH3 is 1. The molecule has 4 aromatic rings. The normalized spacial score (nSPS) is 20.5. The van der Waals surface area contributed by atoms with Crippen LogP contribution < -0.4 is 4.90 Å². The molecule has 0 amide bonds. The highest BCUT2D eigenvalue weighted by Gasteiger charge is 2.45. The third kappa shape index (κ3) is 4.58. The monoisotopic (exact) mass is 607 g/mol. The molecular weight excluding hydrogens is 560 g/mol. The lowest BCUT2D eigenvalue weighted by Crippen LogP contribution is -2.27. The summed E-state index contributed by atoms with van der Waals surface area (Å²) in [5.74, 6) is 1.03. The van der Waals surface area contributed by atoms with Gasteiger partial charge >= 0.3 is 0 Å². The molecule has 7 rings (SSSR count). The molecule has 2 heterocycles. The fraction of sp³-hybridized carbons (Fsp3) is 0.326. The van der Waals surface area contributed by atoms with Crippen molar-refractivity contribution in [1.82, 2.24) is 0 Å². The molecule has 0 aromatic heterocycles. The number of ether oxygens (including phenoxy) is 1. The summed E-state index contributed by atoms with van der Waals surface area (Å²) < 4.78 is 8.69. The Bertz CT molecular complexity index is 2030. The zero-order chi connectivity index (χ0) is 32.2. The van der Waals surface area contributed by atoms with Gasteiger partial charge in [-0.15, -0.1) is 0 Å². The minimum atomic E-state index is -0.106. The average Bonchev–Trinajstić information content (AvgIpc) is 3.44. The second kappa shape index (κ2) is 11.5. The van der Waals surface area contributed by atoms with Crippen LogP contribution in [0.2, 0.25) is 0 Å². The Morgan fingerprint density at radius 1 is 0.761 bits per heavy atom. The lowest BCUT2D eigenvalue weighted by molar-refractivity contribution is -0.433. The number of hydrogen-bond acceptors (Lipinski definition) is 2. The van der Waals surface area contributed by atoms with Crippen LogP contribution in [0.1, 0.15) is 71.9 Å². The molecule has 0 N–H and O–H groups in total. The van der Waals surface area contributed by atoms with E-state index in [9.17, 15) is 0 Å². The number of likely N-dealkylation sites (N-methyl/N-ethyl adjacent to an activating group) is 1. The Kier molecular flexibility index (Phi) is 7.54. The smallest absolute Gasteiger partial charge is 0.210 e. The second-order valence-corrected chi connectivity index (χ2v) is 14.0. The highest BCUT2D eigenvalue weighted by Crippen LogP contribution is 2.51. The number of fused-ring (bicyclic) bond motifs is 6. The number of benzene rings is 4. The van der Waals surface area contributed by atoms with Crippen LogP contribution in [0.4, 0.5) is 11.4 Å². The van der Waals surface area contributed by atoms with Crippen LogP contribution in [-0.4, -0.2) is 30.5 Å². The predicted molar refractivity (Wildman–Crippen MR) is 196 cm³/mol. The van der Waals surface area contributed by atoms with Crippen LogP contribution in [0, 0.1) is 0 Å². The highest BCUT2D eigenvalue weighted by atomic mass is 16.5. The largest absolute Gasteiger partial charge is 0.496 e. The molecule has 3 nitrogen and oxygen atoms in total. The van der Waals surface area contributed by atoms with Crippen molar-refractivity contribution in [2.45, 2.75) is 71.6 Å². The van der Waals surface area contributed by atoms with E-state index >= 15 is 0 Å². The van der Waals surface area contributed by atoms with Crippen molar-refractivity contribution in [3.05, 3.63) is 131 Å². The summed E-state index contributed by atoms with van der Waals surface area (Å²) in [6.45, 7) is 15.9. The van der Waals surface area contributed by atoms with E-state index in [1.54, 1.807) is 0 Å². The number of hydrogen-bond donors (Lipinski definition) is 0. The summed E-state index contributed by atoms with van der Waals surface area (Å²) in [5.41, 5.74) is 10.6. The van der Waals surface area contributed by atoms with Gasteiger partial charge in [-0.25, -0.2) is 0 Å². The van der Waals surface area contributed by atoms with Crippen LogP contribution in [-0.2, 0) is 15.6 Å². The molecular formula is C43H47N2O+. The third-order valence-corrected chi connectivity index (χ3v) is 10.7. The predicted octanol–water partition coefficient (Wildman–Crippen LogP) is 10.7. The number of allylic oxidation sites excluding steroid dienone is 7. The van der Waals surface area contributed by atoms with E-state index in [4.69, 9.17) is 4.74 Å². The number of nitrogens with zero attached hydrogens (tertiary/aromatic N) is 2. The van der Waals surface area contributed by atoms with Gasteiger partial charge in [-0.05, 0) is 109 Å². The molecule has 2 aliphatic heterocycles. The summed E-state index contributed by atoms with van der Waals surface area (Å²) in [6, 6.07) is 26.8. The Balaban J connectivity index is 1.27. The molecule has 0 saturated carbocycles. The van der Waals surface area contributed by atoms with Crippen molar-refractivity contribution in [3.8, 4) is 0 Å². The fourth-order valence-electron chi connectivity index (χ4n) is 8.59. The summed E-state index contributed by atoms with van der Waals surface area (Å²) in [6.07, 6.45) is 12.6. The minimum Gasteiger partial charge on any atom is -0.496 e. The maximum Gasteiger partial charge on any atom is 0.210 e. The third-order valence-electron chi connectivity index (χ3n) is 10.7. The molecule has 46 heavy (non-hydrogen) atoms. The van der Waals surface area contributed by atoms with Gasteiger partial charge < -0.3 is 9.64 Å². The zero-order valence-corrected chi connectivity index (χ0v) is 28.6. The van der Waals surface area contributed by atoms with Gasteiger partial charge in [-0.3, -0.25) is 0 Å². The van der Waals surface area contributed by atoms with E-state index in [0.717, 1.165) is 38.1 Å². The Morgan fingerprint density at radius 3 is 2.11 bits per heavy atom. The van der Waals surface area contributed by atoms with Gasteiger partial charge in [0.1, 0.15) is 12.3 Å². The van der Waals surface area contributed by atoms with Gasteiger partial charge in [-0.1, -0.05) is 74.5 Å². The molecule has 4 aromatic carbocycles. The van der Waals surface area contributed by atoms with E-state index in [1.165, 1.54) is 66.6 Å². The van der Waals surface area contributed by atoms with E-state index in [2.05, 4.69) is 148 Å². The minimum absolute atomic E-state index is 0.106. The fourth-order valence-corrected chi connectivity index (χ4v) is 8.59. The van der Waals surface area contributed by atoms with E-state index in [0.29, 0.717) is 0 Å².